The van der Waals surface area contributed by atoms with E-state index < -0.39 is 0 Å². The van der Waals surface area contributed by atoms with Gasteiger partial charge >= 0.3 is 0 Å². The number of aliphatic imine (C=N–C) groups is 1. The molecule has 0 amide bonds. The zero-order chi connectivity index (χ0) is 15.9. The van der Waals surface area contributed by atoms with Gasteiger partial charge in [0.1, 0.15) is 0 Å². The van der Waals surface area contributed by atoms with Gasteiger partial charge in [0.15, 0.2) is 0 Å². The van der Waals surface area contributed by atoms with Crippen molar-refractivity contribution in [1.82, 2.24) is 0 Å². The third-order valence-electron chi connectivity index (χ3n) is 3.77. The molecule has 0 saturated heterocycles. The number of para-hydroxylation sites is 2. The van der Waals surface area contributed by atoms with Crippen molar-refractivity contribution in [2.45, 2.75) is 19.3 Å². The quantitative estimate of drug-likeness (QED) is 0.679. The average Bonchev–Trinajstić information content (AvgIpc) is 2.61. The second-order valence-corrected chi connectivity index (χ2v) is 5.84. The van der Waals surface area contributed by atoms with E-state index >= 15 is 0 Å². The second-order valence-electron chi connectivity index (χ2n) is 5.47. The smallest absolute Gasteiger partial charge is 0.0629 e. The van der Waals surface area contributed by atoms with Crippen LogP contribution in [0, 0.1) is 0 Å². The summed E-state index contributed by atoms with van der Waals surface area (Å²) in [5, 5.41) is 4.13. The highest BCUT2D eigenvalue weighted by Crippen LogP contribution is 2.32. The van der Waals surface area contributed by atoms with Gasteiger partial charge < -0.3 is 5.32 Å². The third kappa shape index (κ3) is 4.33. The summed E-state index contributed by atoms with van der Waals surface area (Å²) in [7, 11) is 0. The van der Waals surface area contributed by atoms with Crippen molar-refractivity contribution in [3.05, 3.63) is 83.0 Å². The summed E-state index contributed by atoms with van der Waals surface area (Å²) in [4.78, 5) is 4.52. The van der Waals surface area contributed by atoms with Crippen LogP contribution < -0.4 is 5.32 Å². The van der Waals surface area contributed by atoms with E-state index in [0.717, 1.165) is 46.8 Å². The van der Waals surface area contributed by atoms with E-state index in [4.69, 9.17) is 11.6 Å². The van der Waals surface area contributed by atoms with Crippen molar-refractivity contribution in [3.8, 4) is 0 Å². The molecule has 0 radical (unpaired) electrons. The molecule has 0 bridgehead atoms. The van der Waals surface area contributed by atoms with Crippen molar-refractivity contribution in [2.24, 2.45) is 4.99 Å². The lowest BCUT2D eigenvalue weighted by atomic mass is 9.96. The fourth-order valence-corrected chi connectivity index (χ4v) is 2.82. The van der Waals surface area contributed by atoms with E-state index in [1.807, 2.05) is 73.1 Å². The van der Waals surface area contributed by atoms with Gasteiger partial charge in [-0.15, -0.1) is 0 Å². The lowest BCUT2D eigenvalue weighted by Crippen LogP contribution is -2.02. The normalized spacial score (nSPS) is 17.0. The van der Waals surface area contributed by atoms with Crippen molar-refractivity contribution >= 4 is 29.2 Å². The monoisotopic (exact) mass is 322 g/mol. The van der Waals surface area contributed by atoms with Crippen LogP contribution >= 0.6 is 11.6 Å². The van der Waals surface area contributed by atoms with Gasteiger partial charge in [-0.25, -0.2) is 0 Å². The van der Waals surface area contributed by atoms with Gasteiger partial charge in [0.2, 0.25) is 0 Å². The van der Waals surface area contributed by atoms with Gasteiger partial charge in [-0.3, -0.25) is 4.99 Å². The Morgan fingerprint density at radius 2 is 1.61 bits per heavy atom. The molecule has 23 heavy (non-hydrogen) atoms. The minimum atomic E-state index is 0.819. The fraction of sp³-hybridized carbons (Fsp3) is 0.150. The average molecular weight is 323 g/mol. The molecule has 3 rings (SSSR count). The predicted molar refractivity (Wildman–Crippen MR) is 99.5 cm³/mol. The van der Waals surface area contributed by atoms with Crippen LogP contribution in [0.4, 0.5) is 11.4 Å². The Labute approximate surface area is 142 Å². The third-order valence-corrected chi connectivity index (χ3v) is 4.25. The maximum atomic E-state index is 6.56. The number of nitrogens with zero attached hydrogens (tertiary/aromatic N) is 1. The van der Waals surface area contributed by atoms with Crippen LogP contribution in [-0.2, 0) is 0 Å². The molecule has 1 aliphatic rings. The molecule has 116 valence electrons. The minimum absolute atomic E-state index is 0.819. The first kappa shape index (κ1) is 15.6. The van der Waals surface area contributed by atoms with Crippen molar-refractivity contribution < 1.29 is 0 Å². The lowest BCUT2D eigenvalue weighted by Gasteiger charge is -2.17. The minimum Gasteiger partial charge on any atom is -0.361 e. The number of halogens is 1. The molecule has 2 nitrogen and oxygen atoms in total. The molecule has 0 unspecified atom stereocenters. The molecule has 0 heterocycles. The first-order valence-corrected chi connectivity index (χ1v) is 8.19. The van der Waals surface area contributed by atoms with E-state index in [0.29, 0.717) is 0 Å². The fourth-order valence-electron chi connectivity index (χ4n) is 2.52. The van der Waals surface area contributed by atoms with Crippen LogP contribution in [0.5, 0.6) is 0 Å². The lowest BCUT2D eigenvalue weighted by molar-refractivity contribution is 0.800. The molecule has 0 aliphatic heterocycles. The molecular weight excluding hydrogens is 304 g/mol. The molecule has 0 fully saturated rings. The summed E-state index contributed by atoms with van der Waals surface area (Å²) in [6, 6.07) is 20.0. The largest absolute Gasteiger partial charge is 0.361 e. The molecular formula is C20H19ClN2. The molecule has 0 atom stereocenters. The Hall–Kier alpha value is -2.32. The second kappa shape index (κ2) is 7.80. The Morgan fingerprint density at radius 1 is 0.913 bits per heavy atom. The summed E-state index contributed by atoms with van der Waals surface area (Å²) in [6.45, 7) is 0. The van der Waals surface area contributed by atoms with E-state index in [1.165, 1.54) is 0 Å². The highest BCUT2D eigenvalue weighted by molar-refractivity contribution is 6.33. The predicted octanol–water partition coefficient (Wildman–Crippen LogP) is 6.06. The Bertz CT molecular complexity index is 731. The number of benzene rings is 2. The number of allylic oxidation sites excluding steroid dienone is 3. The zero-order valence-electron chi connectivity index (χ0n) is 12.9. The molecule has 0 spiro atoms. The summed E-state index contributed by atoms with van der Waals surface area (Å²) in [5.74, 6) is 0. The molecule has 1 aliphatic carbocycles. The SMILES string of the molecule is ClC1=C(/C=N/c2ccccc2)CCC/C1=C\Nc1ccccc1. The number of nitrogens with one attached hydrogen (secondary N) is 1. The van der Waals surface area contributed by atoms with E-state index in [1.54, 1.807) is 0 Å². The summed E-state index contributed by atoms with van der Waals surface area (Å²) in [6.07, 6.45) is 6.95. The molecule has 1 N–H and O–H groups in total. The number of rotatable bonds is 4. The topological polar surface area (TPSA) is 24.4 Å². The maximum Gasteiger partial charge on any atom is 0.0629 e. The Kier molecular flexibility index (Phi) is 5.28. The van der Waals surface area contributed by atoms with Crippen LogP contribution in [0.25, 0.3) is 0 Å². The summed E-state index contributed by atoms with van der Waals surface area (Å²) >= 11 is 6.56. The summed E-state index contributed by atoms with van der Waals surface area (Å²) in [5.41, 5.74) is 4.25. The van der Waals surface area contributed by atoms with Crippen LogP contribution in [0.15, 0.2) is 88.0 Å². The highest BCUT2D eigenvalue weighted by Gasteiger charge is 2.14. The standard InChI is InChI=1S/C20H19ClN2/c21-20-16(14-22-18-10-3-1-4-11-18)8-7-9-17(20)15-23-19-12-5-2-6-13-19/h1-6,10-15,22H,7-9H2/b16-14+,23-15+. The van der Waals surface area contributed by atoms with Gasteiger partial charge in [-0.05, 0) is 54.7 Å². The van der Waals surface area contributed by atoms with Crippen LogP contribution in [0.2, 0.25) is 0 Å². The van der Waals surface area contributed by atoms with Crippen molar-refractivity contribution in [2.75, 3.05) is 5.32 Å². The van der Waals surface area contributed by atoms with Crippen LogP contribution in [0.1, 0.15) is 19.3 Å². The zero-order valence-corrected chi connectivity index (χ0v) is 13.6. The summed E-state index contributed by atoms with van der Waals surface area (Å²) < 4.78 is 0. The number of hydrogen-bond donors (Lipinski definition) is 1. The van der Waals surface area contributed by atoms with Crippen molar-refractivity contribution in [1.29, 1.82) is 0 Å². The number of anilines is 1. The Balaban J connectivity index is 1.76. The first-order chi connectivity index (χ1) is 11.3. The number of hydrogen-bond acceptors (Lipinski definition) is 2. The Morgan fingerprint density at radius 3 is 2.35 bits per heavy atom. The van der Waals surface area contributed by atoms with Gasteiger partial charge in [-0.2, -0.15) is 0 Å². The van der Waals surface area contributed by atoms with Crippen LogP contribution in [-0.4, -0.2) is 6.21 Å². The van der Waals surface area contributed by atoms with Crippen LogP contribution in [0.3, 0.4) is 0 Å². The van der Waals surface area contributed by atoms with E-state index in [2.05, 4.69) is 10.3 Å². The molecule has 2 aromatic rings. The van der Waals surface area contributed by atoms with Gasteiger partial charge in [0, 0.05) is 23.1 Å². The van der Waals surface area contributed by atoms with Gasteiger partial charge in [0.05, 0.1) is 5.69 Å². The molecule has 3 heteroatoms. The first-order valence-electron chi connectivity index (χ1n) is 7.82. The molecule has 2 aromatic carbocycles. The van der Waals surface area contributed by atoms with E-state index in [-0.39, 0.29) is 0 Å². The highest BCUT2D eigenvalue weighted by atomic mass is 35.5. The van der Waals surface area contributed by atoms with Gasteiger partial charge in [0.25, 0.3) is 0 Å². The maximum absolute atomic E-state index is 6.56. The van der Waals surface area contributed by atoms with E-state index in [9.17, 15) is 0 Å². The molecule has 0 saturated carbocycles. The molecule has 0 aromatic heterocycles. The van der Waals surface area contributed by atoms with Crippen molar-refractivity contribution in [3.63, 3.8) is 0 Å². The van der Waals surface area contributed by atoms with Gasteiger partial charge in [-0.1, -0.05) is 48.0 Å².